The van der Waals surface area contributed by atoms with Crippen molar-refractivity contribution in [2.75, 3.05) is 4.72 Å². The standard InChI is InChI=1S/C22H20N2O2S2/c1-14-8-7-9-17(12-14)20-16(3)27-22-21(20)19(13-15(2)23-22)24-28(25,26)18-10-5-4-6-11-18/h4-13H,1-3H3,(H,23,24). The van der Waals surface area contributed by atoms with E-state index in [0.717, 1.165) is 37.5 Å². The minimum absolute atomic E-state index is 0.238. The summed E-state index contributed by atoms with van der Waals surface area (Å²) in [5.41, 5.74) is 4.58. The zero-order valence-corrected chi connectivity index (χ0v) is 17.5. The highest BCUT2D eigenvalue weighted by atomic mass is 32.2. The summed E-state index contributed by atoms with van der Waals surface area (Å²) in [6.07, 6.45) is 0. The molecule has 0 aliphatic heterocycles. The van der Waals surface area contributed by atoms with Crippen molar-refractivity contribution >= 4 is 37.3 Å². The molecule has 28 heavy (non-hydrogen) atoms. The molecule has 0 aliphatic rings. The Morgan fingerprint density at radius 1 is 0.929 bits per heavy atom. The van der Waals surface area contributed by atoms with Crippen LogP contribution in [0.2, 0.25) is 0 Å². The molecule has 4 aromatic rings. The van der Waals surface area contributed by atoms with Gasteiger partial charge in [0.1, 0.15) is 4.83 Å². The zero-order valence-electron chi connectivity index (χ0n) is 15.9. The summed E-state index contributed by atoms with van der Waals surface area (Å²) >= 11 is 1.58. The smallest absolute Gasteiger partial charge is 0.261 e. The van der Waals surface area contributed by atoms with E-state index in [1.807, 2.05) is 13.0 Å². The first kappa shape index (κ1) is 18.7. The molecule has 0 fully saturated rings. The first-order valence-electron chi connectivity index (χ1n) is 8.91. The van der Waals surface area contributed by atoms with Gasteiger partial charge in [-0.15, -0.1) is 11.3 Å². The molecule has 2 heterocycles. The van der Waals surface area contributed by atoms with E-state index < -0.39 is 10.0 Å². The number of nitrogens with zero attached hydrogens (tertiary/aromatic N) is 1. The van der Waals surface area contributed by atoms with Gasteiger partial charge in [0.25, 0.3) is 10.0 Å². The number of rotatable bonds is 4. The van der Waals surface area contributed by atoms with Crippen molar-refractivity contribution in [3.05, 3.63) is 76.8 Å². The second kappa shape index (κ2) is 7.04. The van der Waals surface area contributed by atoms with Crippen molar-refractivity contribution in [3.8, 4) is 11.1 Å². The van der Waals surface area contributed by atoms with E-state index in [1.165, 1.54) is 0 Å². The van der Waals surface area contributed by atoms with Crippen LogP contribution in [0.3, 0.4) is 0 Å². The number of aromatic nitrogens is 1. The molecule has 0 radical (unpaired) electrons. The summed E-state index contributed by atoms with van der Waals surface area (Å²) in [7, 11) is -3.69. The third-order valence-corrected chi connectivity index (χ3v) is 6.95. The Kier molecular flexibility index (Phi) is 4.69. The predicted octanol–water partition coefficient (Wildman–Crippen LogP) is 5.69. The van der Waals surface area contributed by atoms with E-state index in [9.17, 15) is 8.42 Å². The van der Waals surface area contributed by atoms with Crippen LogP contribution >= 0.6 is 11.3 Å². The first-order valence-corrected chi connectivity index (χ1v) is 11.2. The number of sulfonamides is 1. The Hall–Kier alpha value is -2.70. The van der Waals surface area contributed by atoms with Crippen LogP contribution in [0.25, 0.3) is 21.3 Å². The second-order valence-electron chi connectivity index (χ2n) is 6.81. The molecule has 0 aliphatic carbocycles. The predicted molar refractivity (Wildman–Crippen MR) is 117 cm³/mol. The number of aryl methyl sites for hydroxylation is 3. The number of hydrogen-bond donors (Lipinski definition) is 1. The van der Waals surface area contributed by atoms with Crippen LogP contribution in [0.1, 0.15) is 16.1 Å². The van der Waals surface area contributed by atoms with Gasteiger partial charge in [0.05, 0.1) is 10.6 Å². The quantitative estimate of drug-likeness (QED) is 0.472. The average Bonchev–Trinajstić information content (AvgIpc) is 2.98. The second-order valence-corrected chi connectivity index (χ2v) is 9.70. The Morgan fingerprint density at radius 2 is 1.68 bits per heavy atom. The fourth-order valence-electron chi connectivity index (χ4n) is 3.36. The maximum Gasteiger partial charge on any atom is 0.261 e. The molecule has 4 nitrogen and oxygen atoms in total. The van der Waals surface area contributed by atoms with E-state index in [-0.39, 0.29) is 4.90 Å². The van der Waals surface area contributed by atoms with Crippen molar-refractivity contribution in [2.45, 2.75) is 25.7 Å². The molecule has 0 bridgehead atoms. The number of fused-ring (bicyclic) bond motifs is 1. The largest absolute Gasteiger partial charge is 0.279 e. The van der Waals surface area contributed by atoms with Crippen LogP contribution in [0.15, 0.2) is 65.6 Å². The third-order valence-electron chi connectivity index (χ3n) is 4.57. The van der Waals surface area contributed by atoms with Gasteiger partial charge in [-0.3, -0.25) is 4.72 Å². The van der Waals surface area contributed by atoms with Gasteiger partial charge in [0, 0.05) is 21.5 Å². The van der Waals surface area contributed by atoms with Gasteiger partial charge in [0.2, 0.25) is 0 Å². The number of benzene rings is 2. The fraction of sp³-hybridized carbons (Fsp3) is 0.136. The van der Waals surface area contributed by atoms with Gasteiger partial charge in [-0.25, -0.2) is 13.4 Å². The van der Waals surface area contributed by atoms with Crippen molar-refractivity contribution in [2.24, 2.45) is 0 Å². The highest BCUT2D eigenvalue weighted by Crippen LogP contribution is 2.42. The van der Waals surface area contributed by atoms with Crippen molar-refractivity contribution < 1.29 is 8.42 Å². The molecule has 0 amide bonds. The van der Waals surface area contributed by atoms with Crippen molar-refractivity contribution in [1.29, 1.82) is 0 Å². The summed E-state index contributed by atoms with van der Waals surface area (Å²) < 4.78 is 28.7. The third kappa shape index (κ3) is 3.41. The van der Waals surface area contributed by atoms with E-state index in [0.29, 0.717) is 5.69 Å². The van der Waals surface area contributed by atoms with Crippen LogP contribution in [0.4, 0.5) is 5.69 Å². The summed E-state index contributed by atoms with van der Waals surface area (Å²) in [4.78, 5) is 6.83. The lowest BCUT2D eigenvalue weighted by molar-refractivity contribution is 0.601. The average molecular weight is 409 g/mol. The minimum Gasteiger partial charge on any atom is -0.279 e. The van der Waals surface area contributed by atoms with E-state index in [1.54, 1.807) is 47.7 Å². The molecule has 0 saturated carbocycles. The van der Waals surface area contributed by atoms with Crippen molar-refractivity contribution in [1.82, 2.24) is 4.98 Å². The highest BCUT2D eigenvalue weighted by molar-refractivity contribution is 7.92. The van der Waals surface area contributed by atoms with Gasteiger partial charge >= 0.3 is 0 Å². The number of thiophene rings is 1. The van der Waals surface area contributed by atoms with E-state index in [2.05, 4.69) is 41.8 Å². The normalized spacial score (nSPS) is 11.7. The number of anilines is 1. The molecule has 0 atom stereocenters. The van der Waals surface area contributed by atoms with Gasteiger partial charge in [-0.2, -0.15) is 0 Å². The molecule has 142 valence electrons. The molecule has 0 spiro atoms. The van der Waals surface area contributed by atoms with Crippen molar-refractivity contribution in [3.63, 3.8) is 0 Å². The number of hydrogen-bond acceptors (Lipinski definition) is 4. The molecular weight excluding hydrogens is 388 g/mol. The molecule has 0 unspecified atom stereocenters. The van der Waals surface area contributed by atoms with Gasteiger partial charge < -0.3 is 0 Å². The lowest BCUT2D eigenvalue weighted by atomic mass is 10.0. The Labute approximate surface area is 168 Å². The summed E-state index contributed by atoms with van der Waals surface area (Å²) in [5, 5.41) is 0.846. The van der Waals surface area contributed by atoms with Crippen LogP contribution in [-0.4, -0.2) is 13.4 Å². The molecule has 2 aromatic carbocycles. The Balaban J connectivity index is 1.94. The lowest BCUT2D eigenvalue weighted by Gasteiger charge is -2.12. The van der Waals surface area contributed by atoms with Crippen LogP contribution < -0.4 is 4.72 Å². The monoisotopic (exact) mass is 408 g/mol. The molecular formula is C22H20N2O2S2. The summed E-state index contributed by atoms with van der Waals surface area (Å²) in [6.45, 7) is 5.98. The Morgan fingerprint density at radius 3 is 2.39 bits per heavy atom. The van der Waals surface area contributed by atoms with Gasteiger partial charge in [-0.05, 0) is 44.5 Å². The van der Waals surface area contributed by atoms with Gasteiger partial charge in [0.15, 0.2) is 0 Å². The van der Waals surface area contributed by atoms with Crippen LogP contribution in [0.5, 0.6) is 0 Å². The molecule has 1 N–H and O–H groups in total. The maximum absolute atomic E-state index is 12.9. The van der Waals surface area contributed by atoms with Gasteiger partial charge in [-0.1, -0.05) is 48.0 Å². The fourth-order valence-corrected chi connectivity index (χ4v) is 5.56. The summed E-state index contributed by atoms with van der Waals surface area (Å²) in [6, 6.07) is 18.4. The SMILES string of the molecule is Cc1cccc(-c2c(C)sc3nc(C)cc(NS(=O)(=O)c4ccccc4)c23)c1. The van der Waals surface area contributed by atoms with Crippen LogP contribution in [0, 0.1) is 20.8 Å². The van der Waals surface area contributed by atoms with E-state index >= 15 is 0 Å². The zero-order chi connectivity index (χ0) is 19.9. The Bertz CT molecular complexity index is 1280. The summed E-state index contributed by atoms with van der Waals surface area (Å²) in [5.74, 6) is 0. The topological polar surface area (TPSA) is 59.1 Å². The molecule has 0 saturated heterocycles. The van der Waals surface area contributed by atoms with Crippen LogP contribution in [-0.2, 0) is 10.0 Å². The number of pyridine rings is 1. The lowest BCUT2D eigenvalue weighted by Crippen LogP contribution is -2.13. The first-order chi connectivity index (χ1) is 13.3. The molecule has 4 rings (SSSR count). The number of nitrogens with one attached hydrogen (secondary N) is 1. The maximum atomic E-state index is 12.9. The molecule has 6 heteroatoms. The minimum atomic E-state index is -3.69. The highest BCUT2D eigenvalue weighted by Gasteiger charge is 2.21. The van der Waals surface area contributed by atoms with E-state index in [4.69, 9.17) is 0 Å². The molecule has 2 aromatic heterocycles.